The van der Waals surface area contributed by atoms with Crippen LogP contribution in [0.3, 0.4) is 0 Å². The highest BCUT2D eigenvalue weighted by Crippen LogP contribution is 2.14. The van der Waals surface area contributed by atoms with Gasteiger partial charge in [-0.3, -0.25) is 10.1 Å². The lowest BCUT2D eigenvalue weighted by Gasteiger charge is -1.99. The standard InChI is InChI=1S/C8H11NO4/c1-5(10)9-7-3-2-6(13-7)4-8(11)12/h2-3,8,11-12H,4H2,1H3,(H,9,10). The molecule has 5 nitrogen and oxygen atoms in total. The fourth-order valence-electron chi connectivity index (χ4n) is 0.908. The molecule has 1 aromatic rings. The van der Waals surface area contributed by atoms with E-state index >= 15 is 0 Å². The van der Waals surface area contributed by atoms with E-state index in [4.69, 9.17) is 14.6 Å². The van der Waals surface area contributed by atoms with Gasteiger partial charge < -0.3 is 14.6 Å². The maximum absolute atomic E-state index is 10.6. The van der Waals surface area contributed by atoms with E-state index in [2.05, 4.69) is 5.32 Å². The fraction of sp³-hybridized carbons (Fsp3) is 0.375. The second kappa shape index (κ2) is 4.06. The van der Waals surface area contributed by atoms with Crippen LogP contribution in [0.25, 0.3) is 0 Å². The largest absolute Gasteiger partial charge is 0.445 e. The van der Waals surface area contributed by atoms with Gasteiger partial charge in [-0.15, -0.1) is 0 Å². The number of amides is 1. The van der Waals surface area contributed by atoms with Gasteiger partial charge in [0.25, 0.3) is 0 Å². The average Bonchev–Trinajstić information content (AvgIpc) is 2.33. The maximum atomic E-state index is 10.6. The lowest BCUT2D eigenvalue weighted by molar-refractivity contribution is -0.114. The molecule has 0 unspecified atom stereocenters. The summed E-state index contributed by atoms with van der Waals surface area (Å²) >= 11 is 0. The minimum atomic E-state index is -1.43. The van der Waals surface area contributed by atoms with Crippen LogP contribution in [0.4, 0.5) is 5.88 Å². The van der Waals surface area contributed by atoms with Crippen molar-refractivity contribution in [2.75, 3.05) is 5.32 Å². The molecule has 72 valence electrons. The molecule has 0 aromatic carbocycles. The van der Waals surface area contributed by atoms with Crippen molar-refractivity contribution >= 4 is 11.8 Å². The molecular formula is C8H11NO4. The van der Waals surface area contributed by atoms with Crippen molar-refractivity contribution in [1.29, 1.82) is 0 Å². The molecular weight excluding hydrogens is 174 g/mol. The van der Waals surface area contributed by atoms with Crippen LogP contribution in [-0.4, -0.2) is 22.4 Å². The minimum Gasteiger partial charge on any atom is -0.445 e. The number of aliphatic hydroxyl groups is 2. The van der Waals surface area contributed by atoms with Gasteiger partial charge >= 0.3 is 0 Å². The number of aliphatic hydroxyl groups excluding tert-OH is 1. The molecule has 0 aliphatic carbocycles. The zero-order valence-electron chi connectivity index (χ0n) is 7.15. The Labute approximate surface area is 75.0 Å². The Morgan fingerprint density at radius 2 is 2.31 bits per heavy atom. The van der Waals surface area contributed by atoms with Crippen molar-refractivity contribution in [3.8, 4) is 0 Å². The number of furan rings is 1. The number of nitrogens with one attached hydrogen (secondary N) is 1. The number of rotatable bonds is 3. The van der Waals surface area contributed by atoms with Gasteiger partial charge in [-0.1, -0.05) is 0 Å². The SMILES string of the molecule is CC(=O)Nc1ccc(CC(O)O)o1. The smallest absolute Gasteiger partial charge is 0.223 e. The van der Waals surface area contributed by atoms with E-state index in [0.717, 1.165) is 0 Å². The van der Waals surface area contributed by atoms with Crippen molar-refractivity contribution < 1.29 is 19.4 Å². The Bertz CT molecular complexity index is 292. The van der Waals surface area contributed by atoms with Crippen LogP contribution in [0.2, 0.25) is 0 Å². The monoisotopic (exact) mass is 185 g/mol. The van der Waals surface area contributed by atoms with Gasteiger partial charge in [-0.05, 0) is 6.07 Å². The number of hydrogen-bond donors (Lipinski definition) is 3. The van der Waals surface area contributed by atoms with E-state index in [9.17, 15) is 4.79 Å². The number of carbonyl (C=O) groups is 1. The highest BCUT2D eigenvalue weighted by molar-refractivity contribution is 5.87. The van der Waals surface area contributed by atoms with E-state index in [1.54, 1.807) is 12.1 Å². The first-order valence-electron chi connectivity index (χ1n) is 3.80. The van der Waals surface area contributed by atoms with Crippen LogP contribution in [0, 0.1) is 0 Å². The van der Waals surface area contributed by atoms with E-state index in [0.29, 0.717) is 11.6 Å². The Kier molecular flexibility index (Phi) is 3.05. The average molecular weight is 185 g/mol. The van der Waals surface area contributed by atoms with Crippen LogP contribution >= 0.6 is 0 Å². The second-order valence-electron chi connectivity index (χ2n) is 2.63. The van der Waals surface area contributed by atoms with Gasteiger partial charge in [0.1, 0.15) is 5.76 Å². The highest BCUT2D eigenvalue weighted by Gasteiger charge is 2.06. The molecule has 1 rings (SSSR count). The third kappa shape index (κ3) is 3.27. The third-order valence-electron chi connectivity index (χ3n) is 1.34. The van der Waals surface area contributed by atoms with Crippen LogP contribution < -0.4 is 5.32 Å². The molecule has 5 heteroatoms. The van der Waals surface area contributed by atoms with Crippen molar-refractivity contribution in [3.05, 3.63) is 17.9 Å². The Hall–Kier alpha value is -1.33. The molecule has 0 atom stereocenters. The van der Waals surface area contributed by atoms with Crippen LogP contribution in [-0.2, 0) is 11.2 Å². The zero-order chi connectivity index (χ0) is 9.84. The van der Waals surface area contributed by atoms with Gasteiger partial charge in [0, 0.05) is 13.0 Å². The molecule has 1 amide bonds. The summed E-state index contributed by atoms with van der Waals surface area (Å²) in [5, 5.41) is 19.6. The molecule has 0 fully saturated rings. The first kappa shape index (κ1) is 9.76. The molecule has 13 heavy (non-hydrogen) atoms. The molecule has 0 spiro atoms. The summed E-state index contributed by atoms with van der Waals surface area (Å²) < 4.78 is 5.05. The topological polar surface area (TPSA) is 82.7 Å². The van der Waals surface area contributed by atoms with Gasteiger partial charge in [-0.2, -0.15) is 0 Å². The van der Waals surface area contributed by atoms with Crippen molar-refractivity contribution in [3.63, 3.8) is 0 Å². The molecule has 0 saturated heterocycles. The van der Waals surface area contributed by atoms with Gasteiger partial charge in [0.15, 0.2) is 12.2 Å². The molecule has 0 bridgehead atoms. The lowest BCUT2D eigenvalue weighted by Crippen LogP contribution is -2.07. The first-order valence-corrected chi connectivity index (χ1v) is 3.80. The summed E-state index contributed by atoms with van der Waals surface area (Å²) in [4.78, 5) is 10.6. The summed E-state index contributed by atoms with van der Waals surface area (Å²) in [5.74, 6) is 0.493. The summed E-state index contributed by atoms with van der Waals surface area (Å²) in [7, 11) is 0. The quantitative estimate of drug-likeness (QED) is 0.583. The summed E-state index contributed by atoms with van der Waals surface area (Å²) in [6.07, 6.45) is -1.42. The van der Waals surface area contributed by atoms with Crippen LogP contribution in [0.5, 0.6) is 0 Å². The fourth-order valence-corrected chi connectivity index (χ4v) is 0.908. The van der Waals surface area contributed by atoms with Gasteiger partial charge in [0.05, 0.1) is 6.42 Å². The second-order valence-corrected chi connectivity index (χ2v) is 2.63. The summed E-state index contributed by atoms with van der Waals surface area (Å²) in [6, 6.07) is 3.13. The molecule has 1 heterocycles. The van der Waals surface area contributed by atoms with Crippen molar-refractivity contribution in [2.24, 2.45) is 0 Å². The van der Waals surface area contributed by atoms with Crippen LogP contribution in [0.15, 0.2) is 16.5 Å². The zero-order valence-corrected chi connectivity index (χ0v) is 7.15. The molecule has 3 N–H and O–H groups in total. The molecule has 0 aliphatic rings. The number of anilines is 1. The normalized spacial score (nSPS) is 10.5. The Morgan fingerprint density at radius 3 is 2.85 bits per heavy atom. The molecule has 0 aliphatic heterocycles. The van der Waals surface area contributed by atoms with E-state index < -0.39 is 6.29 Å². The summed E-state index contributed by atoms with van der Waals surface area (Å²) in [5.41, 5.74) is 0. The van der Waals surface area contributed by atoms with Crippen LogP contribution in [0.1, 0.15) is 12.7 Å². The van der Waals surface area contributed by atoms with Gasteiger partial charge in [-0.25, -0.2) is 0 Å². The van der Waals surface area contributed by atoms with Crippen molar-refractivity contribution in [2.45, 2.75) is 19.6 Å². The number of carbonyl (C=O) groups excluding carboxylic acids is 1. The van der Waals surface area contributed by atoms with E-state index in [-0.39, 0.29) is 12.3 Å². The predicted molar refractivity (Wildman–Crippen MR) is 44.9 cm³/mol. The van der Waals surface area contributed by atoms with E-state index in [1.807, 2.05) is 0 Å². The third-order valence-corrected chi connectivity index (χ3v) is 1.34. The lowest BCUT2D eigenvalue weighted by atomic mass is 10.3. The highest BCUT2D eigenvalue weighted by atomic mass is 16.5. The molecule has 1 aromatic heterocycles. The maximum Gasteiger partial charge on any atom is 0.223 e. The van der Waals surface area contributed by atoms with E-state index in [1.165, 1.54) is 6.92 Å². The molecule has 0 saturated carbocycles. The Morgan fingerprint density at radius 1 is 1.62 bits per heavy atom. The number of hydrogen-bond acceptors (Lipinski definition) is 4. The first-order chi connectivity index (χ1) is 6.08. The minimum absolute atomic E-state index is 0.0135. The Balaban J connectivity index is 2.58. The predicted octanol–water partition coefficient (Wildman–Crippen LogP) is 0.0912. The van der Waals surface area contributed by atoms with Crippen molar-refractivity contribution in [1.82, 2.24) is 0 Å². The van der Waals surface area contributed by atoms with Gasteiger partial charge in [0.2, 0.25) is 5.91 Å². The molecule has 0 radical (unpaired) electrons. The summed E-state index contributed by atoms with van der Waals surface area (Å²) in [6.45, 7) is 1.36.